The minimum atomic E-state index is -0.0571. The predicted octanol–water partition coefficient (Wildman–Crippen LogP) is 4.92. The Bertz CT molecular complexity index is 611. The Morgan fingerprint density at radius 3 is 2.05 bits per heavy atom. The molecule has 0 aliphatic rings. The Hall–Kier alpha value is -0.480. The normalized spacial score (nSPS) is 12.4. The first-order chi connectivity index (χ1) is 10.0. The van der Waals surface area contributed by atoms with E-state index in [2.05, 4.69) is 5.43 Å². The molecule has 0 heterocycles. The largest absolute Gasteiger partial charge is 0.271 e. The lowest BCUT2D eigenvalue weighted by Gasteiger charge is -2.18. The summed E-state index contributed by atoms with van der Waals surface area (Å²) in [6, 6.07) is 10.9. The van der Waals surface area contributed by atoms with Gasteiger partial charge in [0.1, 0.15) is 0 Å². The third-order valence-corrected chi connectivity index (χ3v) is 4.81. The van der Waals surface area contributed by atoms with E-state index in [0.29, 0.717) is 32.9 Å². The second kappa shape index (κ2) is 7.68. The zero-order valence-corrected chi connectivity index (χ0v) is 14.1. The molecule has 112 valence electrons. The summed E-state index contributed by atoms with van der Waals surface area (Å²) in [5.41, 5.74) is 4.57. The Kier molecular flexibility index (Phi) is 6.18. The van der Waals surface area contributed by atoms with Crippen LogP contribution in [0.1, 0.15) is 11.1 Å². The summed E-state index contributed by atoms with van der Waals surface area (Å²) in [6.07, 6.45) is 1.22. The minimum absolute atomic E-state index is 0.0571. The molecule has 6 heteroatoms. The highest BCUT2D eigenvalue weighted by Gasteiger charge is 2.15. The van der Waals surface area contributed by atoms with Crippen LogP contribution in [0.5, 0.6) is 0 Å². The van der Waals surface area contributed by atoms with Crippen molar-refractivity contribution in [3.63, 3.8) is 0 Å². The van der Waals surface area contributed by atoms with E-state index in [9.17, 15) is 0 Å². The molecule has 0 saturated heterocycles. The van der Waals surface area contributed by atoms with Crippen LogP contribution in [-0.4, -0.2) is 6.04 Å². The topological polar surface area (TPSA) is 38.0 Å². The van der Waals surface area contributed by atoms with Gasteiger partial charge in [0.2, 0.25) is 0 Å². The maximum Gasteiger partial charge on any atom is 0.0624 e. The zero-order valence-electron chi connectivity index (χ0n) is 11.0. The van der Waals surface area contributed by atoms with Crippen molar-refractivity contribution in [2.24, 2.45) is 5.84 Å². The van der Waals surface area contributed by atoms with Gasteiger partial charge in [-0.2, -0.15) is 0 Å². The fraction of sp³-hybridized carbons (Fsp3) is 0.200. The molecule has 0 radical (unpaired) electrons. The van der Waals surface area contributed by atoms with E-state index in [4.69, 9.17) is 52.2 Å². The Balaban J connectivity index is 2.19. The van der Waals surface area contributed by atoms with Gasteiger partial charge in [-0.05, 0) is 42.2 Å². The Labute approximate surface area is 144 Å². The number of halogens is 4. The van der Waals surface area contributed by atoms with Crippen LogP contribution in [0.2, 0.25) is 20.1 Å². The molecule has 0 aromatic heterocycles. The molecule has 0 aliphatic carbocycles. The number of nitrogens with one attached hydrogen (secondary N) is 1. The number of nitrogens with two attached hydrogens (primary N) is 1. The number of benzene rings is 2. The standard InChI is InChI=1S/C15H14Cl4N2/c16-12-4-2-5-13(17)11(12)8-10(21-20)7-9-3-1-6-14(18)15(9)19/h1-6,10,21H,7-8,20H2. The van der Waals surface area contributed by atoms with Gasteiger partial charge in [0.15, 0.2) is 0 Å². The van der Waals surface area contributed by atoms with E-state index in [1.54, 1.807) is 6.07 Å². The summed E-state index contributed by atoms with van der Waals surface area (Å²) < 4.78 is 0. The number of hydrazine groups is 1. The maximum atomic E-state index is 6.21. The molecular weight excluding hydrogens is 350 g/mol. The minimum Gasteiger partial charge on any atom is -0.271 e. The summed E-state index contributed by atoms with van der Waals surface area (Å²) >= 11 is 24.6. The molecule has 0 aliphatic heterocycles. The van der Waals surface area contributed by atoms with Gasteiger partial charge in [0.25, 0.3) is 0 Å². The second-order valence-corrected chi connectivity index (χ2v) is 6.28. The summed E-state index contributed by atoms with van der Waals surface area (Å²) in [5.74, 6) is 5.64. The third-order valence-electron chi connectivity index (χ3n) is 3.25. The average Bonchev–Trinajstić information content (AvgIpc) is 2.46. The van der Waals surface area contributed by atoms with E-state index in [-0.39, 0.29) is 6.04 Å². The van der Waals surface area contributed by atoms with Gasteiger partial charge < -0.3 is 0 Å². The number of hydrogen-bond acceptors (Lipinski definition) is 2. The molecule has 21 heavy (non-hydrogen) atoms. The second-order valence-electron chi connectivity index (χ2n) is 4.68. The summed E-state index contributed by atoms with van der Waals surface area (Å²) in [6.45, 7) is 0. The summed E-state index contributed by atoms with van der Waals surface area (Å²) in [5, 5.41) is 2.32. The summed E-state index contributed by atoms with van der Waals surface area (Å²) in [4.78, 5) is 0. The van der Waals surface area contributed by atoms with Crippen LogP contribution in [0.3, 0.4) is 0 Å². The van der Waals surface area contributed by atoms with E-state index in [0.717, 1.165) is 11.1 Å². The molecule has 2 rings (SSSR count). The van der Waals surface area contributed by atoms with Crippen LogP contribution in [0.4, 0.5) is 0 Å². The molecule has 0 amide bonds. The van der Waals surface area contributed by atoms with Crippen molar-refractivity contribution >= 4 is 46.4 Å². The van der Waals surface area contributed by atoms with Crippen molar-refractivity contribution in [2.75, 3.05) is 0 Å². The number of rotatable bonds is 5. The van der Waals surface area contributed by atoms with Gasteiger partial charge in [0.05, 0.1) is 10.0 Å². The fourth-order valence-electron chi connectivity index (χ4n) is 2.14. The quantitative estimate of drug-likeness (QED) is 0.584. The van der Waals surface area contributed by atoms with Gasteiger partial charge in [-0.3, -0.25) is 11.3 Å². The third kappa shape index (κ3) is 4.26. The zero-order chi connectivity index (χ0) is 15.4. The highest BCUT2D eigenvalue weighted by atomic mass is 35.5. The molecule has 0 bridgehead atoms. The van der Waals surface area contributed by atoms with Crippen LogP contribution in [0, 0.1) is 0 Å². The van der Waals surface area contributed by atoms with Gasteiger partial charge in [-0.25, -0.2) is 0 Å². The van der Waals surface area contributed by atoms with Crippen LogP contribution in [-0.2, 0) is 12.8 Å². The Morgan fingerprint density at radius 2 is 1.43 bits per heavy atom. The van der Waals surface area contributed by atoms with Gasteiger partial charge >= 0.3 is 0 Å². The van der Waals surface area contributed by atoms with Crippen molar-refractivity contribution in [3.8, 4) is 0 Å². The van der Waals surface area contributed by atoms with Gasteiger partial charge in [0, 0.05) is 16.1 Å². The van der Waals surface area contributed by atoms with E-state index in [1.165, 1.54) is 0 Å². The summed E-state index contributed by atoms with van der Waals surface area (Å²) in [7, 11) is 0. The number of hydrogen-bond donors (Lipinski definition) is 2. The average molecular weight is 364 g/mol. The first kappa shape index (κ1) is 16.9. The smallest absolute Gasteiger partial charge is 0.0624 e. The molecule has 0 saturated carbocycles. The molecule has 0 fully saturated rings. The molecule has 2 aromatic rings. The molecular formula is C15H14Cl4N2. The SMILES string of the molecule is NNC(Cc1cccc(Cl)c1Cl)Cc1c(Cl)cccc1Cl. The molecule has 0 spiro atoms. The van der Waals surface area contributed by atoms with Crippen LogP contribution >= 0.6 is 46.4 Å². The fourth-order valence-corrected chi connectivity index (χ4v) is 3.08. The Morgan fingerprint density at radius 1 is 0.857 bits per heavy atom. The van der Waals surface area contributed by atoms with Crippen molar-refractivity contribution in [1.29, 1.82) is 0 Å². The van der Waals surface area contributed by atoms with Crippen LogP contribution in [0.15, 0.2) is 36.4 Å². The van der Waals surface area contributed by atoms with Gasteiger partial charge in [-0.1, -0.05) is 64.6 Å². The molecule has 1 atom stereocenters. The van der Waals surface area contributed by atoms with Crippen molar-refractivity contribution < 1.29 is 0 Å². The highest BCUT2D eigenvalue weighted by Crippen LogP contribution is 2.29. The predicted molar refractivity (Wildman–Crippen MR) is 91.4 cm³/mol. The van der Waals surface area contributed by atoms with E-state index in [1.807, 2.05) is 30.3 Å². The molecule has 2 nitrogen and oxygen atoms in total. The van der Waals surface area contributed by atoms with E-state index >= 15 is 0 Å². The van der Waals surface area contributed by atoms with Crippen LogP contribution < -0.4 is 11.3 Å². The maximum absolute atomic E-state index is 6.21. The molecule has 3 N–H and O–H groups in total. The van der Waals surface area contributed by atoms with E-state index < -0.39 is 0 Å². The molecule has 2 aromatic carbocycles. The first-order valence-corrected chi connectivity index (χ1v) is 7.86. The lowest BCUT2D eigenvalue weighted by atomic mass is 9.99. The highest BCUT2D eigenvalue weighted by molar-refractivity contribution is 6.42. The lowest BCUT2D eigenvalue weighted by Crippen LogP contribution is -2.38. The van der Waals surface area contributed by atoms with Crippen molar-refractivity contribution in [1.82, 2.24) is 5.43 Å². The molecule has 1 unspecified atom stereocenters. The van der Waals surface area contributed by atoms with Crippen LogP contribution in [0.25, 0.3) is 0 Å². The van der Waals surface area contributed by atoms with Crippen molar-refractivity contribution in [3.05, 3.63) is 67.6 Å². The lowest BCUT2D eigenvalue weighted by molar-refractivity contribution is 0.523. The van der Waals surface area contributed by atoms with Crippen molar-refractivity contribution in [2.45, 2.75) is 18.9 Å². The monoisotopic (exact) mass is 362 g/mol. The van der Waals surface area contributed by atoms with Gasteiger partial charge in [-0.15, -0.1) is 0 Å². The first-order valence-electron chi connectivity index (χ1n) is 6.34.